The SMILES string of the molecule is Nc1c(Br)cc(C[C@@H](NC(=O)N2CCC(n3c(=O)[nH]c4ccccc43)CC2)C(=O)N2CCN(c3ccccc3F)CC2)cc1Br. The number of halogens is 3. The molecule has 13 heteroatoms. The minimum atomic E-state index is -0.825. The number of anilines is 2. The molecule has 4 aromatic rings. The zero-order chi connectivity index (χ0) is 31.7. The fourth-order valence-electron chi connectivity index (χ4n) is 6.29. The van der Waals surface area contributed by atoms with E-state index in [1.165, 1.54) is 6.07 Å². The number of para-hydroxylation sites is 3. The summed E-state index contributed by atoms with van der Waals surface area (Å²) >= 11 is 6.96. The molecule has 0 unspecified atom stereocenters. The Balaban J connectivity index is 1.15. The van der Waals surface area contributed by atoms with Crippen molar-refractivity contribution < 1.29 is 14.0 Å². The summed E-state index contributed by atoms with van der Waals surface area (Å²) in [5.41, 5.74) is 9.48. The number of carbonyl (C=O) groups excluding carboxylic acids is 2. The van der Waals surface area contributed by atoms with Crippen LogP contribution in [0.25, 0.3) is 11.0 Å². The van der Waals surface area contributed by atoms with Gasteiger partial charge >= 0.3 is 11.7 Å². The molecule has 2 saturated heterocycles. The minimum absolute atomic E-state index is 0.0367. The van der Waals surface area contributed by atoms with Gasteiger partial charge in [-0.05, 0) is 86.7 Å². The monoisotopic (exact) mass is 741 g/mol. The normalized spacial score (nSPS) is 16.6. The van der Waals surface area contributed by atoms with Crippen LogP contribution >= 0.6 is 31.9 Å². The Bertz CT molecular complexity index is 1750. The Morgan fingerprint density at radius 3 is 2.27 bits per heavy atom. The van der Waals surface area contributed by atoms with Crippen LogP contribution in [-0.4, -0.2) is 76.6 Å². The van der Waals surface area contributed by atoms with Crippen LogP contribution in [0.4, 0.5) is 20.6 Å². The summed E-state index contributed by atoms with van der Waals surface area (Å²) in [7, 11) is 0. The molecule has 3 aromatic carbocycles. The van der Waals surface area contributed by atoms with E-state index < -0.39 is 6.04 Å². The maximum absolute atomic E-state index is 14.4. The zero-order valence-electron chi connectivity index (χ0n) is 24.5. The molecule has 0 saturated carbocycles. The van der Waals surface area contributed by atoms with Crippen LogP contribution in [0.15, 0.2) is 74.4 Å². The molecule has 6 rings (SSSR count). The number of piperazine rings is 1. The predicted octanol–water partition coefficient (Wildman–Crippen LogP) is 4.88. The number of likely N-dealkylation sites (tertiary alicyclic amines) is 1. The number of fused-ring (bicyclic) bond motifs is 1. The van der Waals surface area contributed by atoms with Crippen LogP contribution in [0.2, 0.25) is 0 Å². The second kappa shape index (κ2) is 13.3. The molecule has 0 spiro atoms. The first-order valence-corrected chi connectivity index (χ1v) is 16.5. The fourth-order valence-corrected chi connectivity index (χ4v) is 7.57. The van der Waals surface area contributed by atoms with E-state index >= 15 is 0 Å². The first-order chi connectivity index (χ1) is 21.7. The predicted molar refractivity (Wildman–Crippen MR) is 180 cm³/mol. The van der Waals surface area contributed by atoms with Crippen molar-refractivity contribution in [1.29, 1.82) is 0 Å². The molecular formula is C32H34Br2FN7O3. The maximum atomic E-state index is 14.4. The highest BCUT2D eigenvalue weighted by molar-refractivity contribution is 9.11. The summed E-state index contributed by atoms with van der Waals surface area (Å²) in [6, 6.07) is 16.7. The highest BCUT2D eigenvalue weighted by Gasteiger charge is 2.32. The molecule has 1 aromatic heterocycles. The highest BCUT2D eigenvalue weighted by atomic mass is 79.9. The minimum Gasteiger partial charge on any atom is -0.397 e. The van der Waals surface area contributed by atoms with Crippen LogP contribution in [0.1, 0.15) is 24.4 Å². The molecule has 2 fully saturated rings. The number of hydrogen-bond donors (Lipinski definition) is 3. The lowest BCUT2D eigenvalue weighted by Crippen LogP contribution is -2.57. The number of H-pyrrole nitrogens is 1. The maximum Gasteiger partial charge on any atom is 0.326 e. The topological polar surface area (TPSA) is 120 Å². The number of piperidine rings is 1. The zero-order valence-corrected chi connectivity index (χ0v) is 27.7. The molecule has 3 amide bonds. The Morgan fingerprint density at radius 2 is 1.58 bits per heavy atom. The van der Waals surface area contributed by atoms with Crippen LogP contribution in [0, 0.1) is 5.82 Å². The Hall–Kier alpha value is -3.84. The lowest BCUT2D eigenvalue weighted by Gasteiger charge is -2.38. The van der Waals surface area contributed by atoms with Crippen LogP contribution in [0.3, 0.4) is 0 Å². The number of nitrogens with two attached hydrogens (primary N) is 1. The number of urea groups is 1. The van der Waals surface area contributed by atoms with Crippen molar-refractivity contribution in [2.75, 3.05) is 49.9 Å². The average molecular weight is 743 g/mol. The van der Waals surface area contributed by atoms with Gasteiger partial charge in [0.2, 0.25) is 5.91 Å². The van der Waals surface area contributed by atoms with Crippen molar-refractivity contribution >= 4 is 66.2 Å². The van der Waals surface area contributed by atoms with Gasteiger partial charge in [-0.3, -0.25) is 9.36 Å². The van der Waals surface area contributed by atoms with Gasteiger partial charge in [0.15, 0.2) is 0 Å². The van der Waals surface area contributed by atoms with E-state index in [-0.39, 0.29) is 35.9 Å². The van der Waals surface area contributed by atoms with Gasteiger partial charge < -0.3 is 30.7 Å². The second-order valence-electron chi connectivity index (χ2n) is 11.5. The third-order valence-corrected chi connectivity index (χ3v) is 10.0. The van der Waals surface area contributed by atoms with Crippen molar-refractivity contribution in [3.05, 3.63) is 91.5 Å². The summed E-state index contributed by atoms with van der Waals surface area (Å²) in [6.45, 7) is 2.66. The number of aromatic nitrogens is 2. The first kappa shape index (κ1) is 31.2. The summed E-state index contributed by atoms with van der Waals surface area (Å²) < 4.78 is 17.6. The van der Waals surface area contributed by atoms with Crippen molar-refractivity contribution in [2.24, 2.45) is 0 Å². The van der Waals surface area contributed by atoms with Crippen LogP contribution in [-0.2, 0) is 11.2 Å². The Kier molecular flexibility index (Phi) is 9.18. The summed E-state index contributed by atoms with van der Waals surface area (Å²) in [5, 5.41) is 3.01. The molecule has 2 aliphatic heterocycles. The van der Waals surface area contributed by atoms with E-state index in [2.05, 4.69) is 42.2 Å². The van der Waals surface area contributed by atoms with E-state index in [1.807, 2.05) is 41.3 Å². The van der Waals surface area contributed by atoms with Gasteiger partial charge in [-0.25, -0.2) is 14.0 Å². The number of benzene rings is 3. The standard InChI is InChI=1S/C32H34Br2FN7O3/c33-22-17-20(18-23(34)29(22)36)19-26(30(43)40-15-13-39(14-16-40)27-7-3-1-5-24(27)35)38-31(44)41-11-9-21(10-12-41)42-28-8-4-2-6-25(28)37-32(42)45/h1-8,17-18,21,26H,9-16,19,36H2,(H,37,45)(H,38,44)/t26-/m1/s1. The molecule has 3 heterocycles. The van der Waals surface area contributed by atoms with Gasteiger partial charge in [-0.2, -0.15) is 0 Å². The van der Waals surface area contributed by atoms with E-state index in [4.69, 9.17) is 5.73 Å². The Morgan fingerprint density at radius 1 is 0.933 bits per heavy atom. The third-order valence-electron chi connectivity index (χ3n) is 8.70. The summed E-state index contributed by atoms with van der Waals surface area (Å²) in [4.78, 5) is 48.6. The van der Waals surface area contributed by atoms with Gasteiger partial charge in [0, 0.05) is 60.7 Å². The van der Waals surface area contributed by atoms with Gasteiger partial charge in [0.05, 0.1) is 22.4 Å². The number of nitrogens with one attached hydrogen (secondary N) is 2. The number of aromatic amines is 1. The molecule has 1 atom stereocenters. The quantitative estimate of drug-likeness (QED) is 0.244. The van der Waals surface area contributed by atoms with Crippen molar-refractivity contribution in [3.63, 3.8) is 0 Å². The molecular weight excluding hydrogens is 709 g/mol. The number of nitrogens with zero attached hydrogens (tertiary/aromatic N) is 4. The van der Waals surface area contributed by atoms with Gasteiger partial charge in [-0.1, -0.05) is 24.3 Å². The van der Waals surface area contributed by atoms with E-state index in [9.17, 15) is 18.8 Å². The van der Waals surface area contributed by atoms with Crippen molar-refractivity contribution in [1.82, 2.24) is 24.7 Å². The summed E-state index contributed by atoms with van der Waals surface area (Å²) in [5.74, 6) is -0.485. The van der Waals surface area contributed by atoms with E-state index in [1.54, 1.807) is 32.6 Å². The van der Waals surface area contributed by atoms with Gasteiger partial charge in [0.25, 0.3) is 0 Å². The molecule has 236 valence electrons. The van der Waals surface area contributed by atoms with E-state index in [0.29, 0.717) is 72.4 Å². The lowest BCUT2D eigenvalue weighted by molar-refractivity contribution is -0.133. The van der Waals surface area contributed by atoms with Gasteiger partial charge in [0.1, 0.15) is 11.9 Å². The van der Waals surface area contributed by atoms with Crippen LogP contribution < -0.4 is 21.6 Å². The molecule has 0 radical (unpaired) electrons. The number of imidazole rings is 1. The first-order valence-electron chi connectivity index (χ1n) is 15.0. The fraction of sp³-hybridized carbons (Fsp3) is 0.344. The molecule has 45 heavy (non-hydrogen) atoms. The number of carbonyl (C=O) groups is 2. The van der Waals surface area contributed by atoms with E-state index in [0.717, 1.165) is 16.6 Å². The summed E-state index contributed by atoms with van der Waals surface area (Å²) in [6.07, 6.45) is 1.49. The largest absolute Gasteiger partial charge is 0.397 e. The molecule has 4 N–H and O–H groups in total. The number of amides is 3. The van der Waals surface area contributed by atoms with Gasteiger partial charge in [-0.15, -0.1) is 0 Å². The van der Waals surface area contributed by atoms with Crippen LogP contribution in [0.5, 0.6) is 0 Å². The average Bonchev–Trinajstić information content (AvgIpc) is 3.39. The third kappa shape index (κ3) is 6.60. The number of hydrogen-bond acceptors (Lipinski definition) is 5. The highest BCUT2D eigenvalue weighted by Crippen LogP contribution is 2.31. The van der Waals surface area contributed by atoms with Crippen molar-refractivity contribution in [3.8, 4) is 0 Å². The molecule has 10 nitrogen and oxygen atoms in total. The van der Waals surface area contributed by atoms with Crippen molar-refractivity contribution in [2.45, 2.75) is 31.3 Å². The number of nitrogen functional groups attached to an aromatic ring is 1. The second-order valence-corrected chi connectivity index (χ2v) is 13.2. The molecule has 2 aliphatic rings. The Labute approximate surface area is 276 Å². The smallest absolute Gasteiger partial charge is 0.326 e. The molecule has 0 aliphatic carbocycles. The number of rotatable bonds is 6. The lowest BCUT2D eigenvalue weighted by atomic mass is 10.0. The molecule has 0 bridgehead atoms.